The van der Waals surface area contributed by atoms with Crippen molar-refractivity contribution in [3.8, 4) is 5.75 Å². The summed E-state index contributed by atoms with van der Waals surface area (Å²) < 4.78 is 7.89. The minimum Gasteiger partial charge on any atom is -0.481 e. The summed E-state index contributed by atoms with van der Waals surface area (Å²) in [4.78, 5) is 8.62. The van der Waals surface area contributed by atoms with Gasteiger partial charge >= 0.3 is 0 Å². The average molecular weight is 285 g/mol. The molecule has 2 heterocycles. The lowest BCUT2D eigenvalue weighted by Gasteiger charge is -2.26. The summed E-state index contributed by atoms with van der Waals surface area (Å²) in [5, 5.41) is 3.32. The average Bonchev–Trinajstić information content (AvgIpc) is 2.97. The van der Waals surface area contributed by atoms with Crippen LogP contribution >= 0.6 is 0 Å². The van der Waals surface area contributed by atoms with Crippen LogP contribution in [0.1, 0.15) is 13.3 Å². The van der Waals surface area contributed by atoms with Gasteiger partial charge in [-0.3, -0.25) is 4.99 Å². The smallest absolute Gasteiger partial charge is 0.153 e. The van der Waals surface area contributed by atoms with Crippen molar-refractivity contribution in [3.05, 3.63) is 36.9 Å². The van der Waals surface area contributed by atoms with E-state index in [0.29, 0.717) is 5.69 Å². The Morgan fingerprint density at radius 2 is 2.38 bits per heavy atom. The molecule has 21 heavy (non-hydrogen) atoms. The molecule has 1 aromatic heterocycles. The fraction of sp³-hybridized carbons (Fsp3) is 0.333. The van der Waals surface area contributed by atoms with Crippen LogP contribution in [0.25, 0.3) is 0 Å². The van der Waals surface area contributed by atoms with E-state index in [0.717, 1.165) is 36.8 Å². The normalized spacial score (nSPS) is 18.9. The van der Waals surface area contributed by atoms with Crippen molar-refractivity contribution >= 4 is 17.2 Å². The molecule has 0 aliphatic carbocycles. The third kappa shape index (κ3) is 3.16. The summed E-state index contributed by atoms with van der Waals surface area (Å²) in [6.07, 6.45) is 6.43. The molecule has 6 nitrogen and oxygen atoms in total. The molecule has 3 rings (SSSR count). The first-order chi connectivity index (χ1) is 10.2. The van der Waals surface area contributed by atoms with Crippen LogP contribution in [0.2, 0.25) is 0 Å². The van der Waals surface area contributed by atoms with Crippen LogP contribution in [0.15, 0.2) is 41.9 Å². The summed E-state index contributed by atoms with van der Waals surface area (Å²) >= 11 is 0. The third-order valence-corrected chi connectivity index (χ3v) is 3.37. The van der Waals surface area contributed by atoms with Gasteiger partial charge in [-0.15, -0.1) is 0 Å². The lowest BCUT2D eigenvalue weighted by molar-refractivity contribution is 0.282. The number of nitrogens with zero attached hydrogens (tertiary/aromatic N) is 3. The number of rotatable bonds is 4. The Kier molecular flexibility index (Phi) is 3.77. The lowest BCUT2D eigenvalue weighted by Crippen LogP contribution is -2.35. The maximum Gasteiger partial charge on any atom is 0.153 e. The fourth-order valence-corrected chi connectivity index (χ4v) is 2.27. The van der Waals surface area contributed by atoms with Gasteiger partial charge in [-0.1, -0.05) is 0 Å². The molecular formula is C15H19N5O. The van der Waals surface area contributed by atoms with E-state index in [2.05, 4.69) is 15.3 Å². The molecule has 0 saturated carbocycles. The SMILES string of the molecule is CC1Oc2cc(N)ccc2NC1=NCCCn1ccnc1. The molecule has 0 radical (unpaired) electrons. The first-order valence-electron chi connectivity index (χ1n) is 7.05. The first-order valence-corrected chi connectivity index (χ1v) is 7.05. The minimum atomic E-state index is -0.0902. The number of imidazole rings is 1. The standard InChI is InChI=1S/C15H19N5O/c1-11-15(18-5-2-7-20-8-6-17-10-20)19-13-4-3-12(16)9-14(13)21-11/h3-4,6,8-11H,2,5,7,16H2,1H3,(H,18,19). The van der Waals surface area contributed by atoms with Gasteiger partial charge in [0.05, 0.1) is 12.0 Å². The van der Waals surface area contributed by atoms with Crippen LogP contribution in [0.3, 0.4) is 0 Å². The van der Waals surface area contributed by atoms with Gasteiger partial charge in [0.2, 0.25) is 0 Å². The highest BCUT2D eigenvalue weighted by atomic mass is 16.5. The van der Waals surface area contributed by atoms with Crippen molar-refractivity contribution in [2.45, 2.75) is 26.0 Å². The predicted molar refractivity (Wildman–Crippen MR) is 83.7 cm³/mol. The van der Waals surface area contributed by atoms with Gasteiger partial charge in [0, 0.05) is 37.2 Å². The number of benzene rings is 1. The Morgan fingerprint density at radius 1 is 1.48 bits per heavy atom. The number of aliphatic imine (C=N–C) groups is 1. The molecule has 2 aromatic rings. The molecule has 1 aliphatic rings. The van der Waals surface area contributed by atoms with Gasteiger partial charge < -0.3 is 20.4 Å². The monoisotopic (exact) mass is 285 g/mol. The number of aromatic nitrogens is 2. The molecule has 1 atom stereocenters. The Hall–Kier alpha value is -2.50. The summed E-state index contributed by atoms with van der Waals surface area (Å²) in [7, 11) is 0. The van der Waals surface area contributed by atoms with Gasteiger partial charge in [0.25, 0.3) is 0 Å². The molecule has 0 fully saturated rings. The molecule has 1 aromatic carbocycles. The highest BCUT2D eigenvalue weighted by Gasteiger charge is 2.21. The summed E-state index contributed by atoms with van der Waals surface area (Å²) in [5.41, 5.74) is 7.37. The number of anilines is 2. The fourth-order valence-electron chi connectivity index (χ4n) is 2.27. The van der Waals surface area contributed by atoms with E-state index >= 15 is 0 Å². The number of hydrogen-bond acceptors (Lipinski definition) is 4. The van der Waals surface area contributed by atoms with Gasteiger partial charge in [0.15, 0.2) is 6.10 Å². The molecule has 6 heteroatoms. The van der Waals surface area contributed by atoms with Crippen molar-refractivity contribution in [2.24, 2.45) is 4.99 Å². The van der Waals surface area contributed by atoms with E-state index < -0.39 is 0 Å². The van der Waals surface area contributed by atoms with Gasteiger partial charge in [-0.2, -0.15) is 0 Å². The van der Waals surface area contributed by atoms with Gasteiger partial charge in [-0.25, -0.2) is 4.98 Å². The molecular weight excluding hydrogens is 266 g/mol. The number of nitrogens with one attached hydrogen (secondary N) is 1. The predicted octanol–water partition coefficient (Wildman–Crippen LogP) is 2.15. The van der Waals surface area contributed by atoms with Crippen molar-refractivity contribution in [1.82, 2.24) is 9.55 Å². The van der Waals surface area contributed by atoms with Crippen molar-refractivity contribution in [2.75, 3.05) is 17.6 Å². The molecule has 0 spiro atoms. The number of amidine groups is 1. The van der Waals surface area contributed by atoms with E-state index in [9.17, 15) is 0 Å². The number of nitrogens with two attached hydrogens (primary N) is 1. The summed E-state index contributed by atoms with van der Waals surface area (Å²) in [6.45, 7) is 3.64. The second kappa shape index (κ2) is 5.87. The lowest BCUT2D eigenvalue weighted by atomic mass is 10.2. The molecule has 0 saturated heterocycles. The van der Waals surface area contributed by atoms with Crippen LogP contribution < -0.4 is 15.8 Å². The van der Waals surface area contributed by atoms with Gasteiger partial charge in [-0.05, 0) is 25.5 Å². The number of ether oxygens (including phenoxy) is 1. The minimum absolute atomic E-state index is 0.0902. The van der Waals surface area contributed by atoms with E-state index in [1.807, 2.05) is 42.2 Å². The second-order valence-electron chi connectivity index (χ2n) is 5.06. The molecule has 1 unspecified atom stereocenters. The Morgan fingerprint density at radius 3 is 3.19 bits per heavy atom. The number of fused-ring (bicyclic) bond motifs is 1. The van der Waals surface area contributed by atoms with Crippen LogP contribution in [0, 0.1) is 0 Å². The molecule has 110 valence electrons. The van der Waals surface area contributed by atoms with Crippen LogP contribution in [-0.4, -0.2) is 28.0 Å². The largest absolute Gasteiger partial charge is 0.481 e. The summed E-state index contributed by atoms with van der Waals surface area (Å²) in [5.74, 6) is 1.64. The van der Waals surface area contributed by atoms with Crippen molar-refractivity contribution < 1.29 is 4.74 Å². The maximum absolute atomic E-state index is 5.84. The molecule has 0 amide bonds. The second-order valence-corrected chi connectivity index (χ2v) is 5.06. The Labute approximate surface area is 123 Å². The van der Waals surface area contributed by atoms with E-state index in [1.165, 1.54) is 0 Å². The Bertz CT molecular complexity index is 636. The summed E-state index contributed by atoms with van der Waals surface area (Å²) in [6, 6.07) is 5.59. The number of nitrogen functional groups attached to an aromatic ring is 1. The van der Waals surface area contributed by atoms with Crippen LogP contribution in [0.5, 0.6) is 5.75 Å². The zero-order valence-electron chi connectivity index (χ0n) is 12.0. The highest BCUT2D eigenvalue weighted by molar-refractivity contribution is 6.01. The quantitative estimate of drug-likeness (QED) is 0.666. The van der Waals surface area contributed by atoms with E-state index in [1.54, 1.807) is 6.20 Å². The maximum atomic E-state index is 5.84. The topological polar surface area (TPSA) is 77.5 Å². The zero-order chi connectivity index (χ0) is 14.7. The van der Waals surface area contributed by atoms with Gasteiger partial charge in [0.1, 0.15) is 11.6 Å². The molecule has 1 aliphatic heterocycles. The number of aryl methyl sites for hydroxylation is 1. The first kappa shape index (κ1) is 13.5. The molecule has 3 N–H and O–H groups in total. The van der Waals surface area contributed by atoms with E-state index in [4.69, 9.17) is 10.5 Å². The zero-order valence-corrected chi connectivity index (χ0v) is 12.0. The molecule has 0 bridgehead atoms. The Balaban J connectivity index is 1.60. The van der Waals surface area contributed by atoms with Crippen LogP contribution in [0.4, 0.5) is 11.4 Å². The van der Waals surface area contributed by atoms with Crippen molar-refractivity contribution in [1.29, 1.82) is 0 Å². The third-order valence-electron chi connectivity index (χ3n) is 3.37. The highest BCUT2D eigenvalue weighted by Crippen LogP contribution is 2.31. The van der Waals surface area contributed by atoms with E-state index in [-0.39, 0.29) is 6.10 Å². The van der Waals surface area contributed by atoms with Crippen LogP contribution in [-0.2, 0) is 6.54 Å². The number of hydrogen-bond donors (Lipinski definition) is 2. The van der Waals surface area contributed by atoms with Crippen molar-refractivity contribution in [3.63, 3.8) is 0 Å².